The van der Waals surface area contributed by atoms with E-state index in [0.29, 0.717) is 22.9 Å². The lowest BCUT2D eigenvalue weighted by Crippen LogP contribution is -2.30. The molecular formula is C19H22N6O2. The van der Waals surface area contributed by atoms with E-state index in [1.54, 1.807) is 36.9 Å². The second-order valence-electron chi connectivity index (χ2n) is 6.24. The van der Waals surface area contributed by atoms with Gasteiger partial charge in [-0.2, -0.15) is 4.68 Å². The van der Waals surface area contributed by atoms with E-state index in [2.05, 4.69) is 20.8 Å². The van der Waals surface area contributed by atoms with Gasteiger partial charge in [0.05, 0.1) is 13.0 Å². The average Bonchev–Trinajstić information content (AvgIpc) is 3.13. The van der Waals surface area contributed by atoms with Crippen LogP contribution in [0.2, 0.25) is 0 Å². The summed E-state index contributed by atoms with van der Waals surface area (Å²) in [5.74, 6) is 0.623. The van der Waals surface area contributed by atoms with Crippen LogP contribution in [0.3, 0.4) is 0 Å². The molecule has 2 atom stereocenters. The largest absolute Gasteiger partial charge is 0.494 e. The number of hydrogen-bond donors (Lipinski definition) is 2. The molecule has 2 aromatic carbocycles. The van der Waals surface area contributed by atoms with Crippen molar-refractivity contribution in [3.8, 4) is 11.4 Å². The molecular weight excluding hydrogens is 344 g/mol. The predicted molar refractivity (Wildman–Crippen MR) is 102 cm³/mol. The predicted octanol–water partition coefficient (Wildman–Crippen LogP) is 2.25. The Labute approximate surface area is 157 Å². The molecule has 0 spiro atoms. The van der Waals surface area contributed by atoms with Gasteiger partial charge in [-0.25, -0.2) is 0 Å². The topological polar surface area (TPSA) is 108 Å². The monoisotopic (exact) mass is 366 g/mol. The van der Waals surface area contributed by atoms with Gasteiger partial charge in [-0.3, -0.25) is 4.79 Å². The maximum atomic E-state index is 12.7. The molecule has 3 rings (SSSR count). The lowest BCUT2D eigenvalue weighted by molar-refractivity contribution is -0.120. The number of tetrazole rings is 1. The third-order valence-corrected chi connectivity index (χ3v) is 4.44. The number of nitrogens with zero attached hydrogens (tertiary/aromatic N) is 4. The minimum Gasteiger partial charge on any atom is -0.494 e. The number of aromatic nitrogens is 4. The number of hydrogen-bond acceptors (Lipinski definition) is 6. The summed E-state index contributed by atoms with van der Waals surface area (Å²) in [6.45, 7) is 3.59. The highest BCUT2D eigenvalue weighted by Crippen LogP contribution is 2.27. The first-order chi connectivity index (χ1) is 13.0. The fourth-order valence-corrected chi connectivity index (χ4v) is 2.77. The SMILES string of the molecule is COc1ccc(NC(=O)C(C)C(N)c2ccccc2)cc1-n1nnnc1C. The number of aryl methyl sites for hydroxylation is 1. The van der Waals surface area contributed by atoms with Crippen molar-refractivity contribution in [1.82, 2.24) is 20.2 Å². The number of rotatable bonds is 6. The van der Waals surface area contributed by atoms with Crippen molar-refractivity contribution in [3.05, 3.63) is 59.9 Å². The summed E-state index contributed by atoms with van der Waals surface area (Å²) in [4.78, 5) is 12.7. The quantitative estimate of drug-likeness (QED) is 0.693. The summed E-state index contributed by atoms with van der Waals surface area (Å²) in [5, 5.41) is 14.4. The van der Waals surface area contributed by atoms with Crippen molar-refractivity contribution >= 4 is 11.6 Å². The molecule has 8 nitrogen and oxygen atoms in total. The number of nitrogens with one attached hydrogen (secondary N) is 1. The van der Waals surface area contributed by atoms with Crippen molar-refractivity contribution in [2.24, 2.45) is 11.7 Å². The summed E-state index contributed by atoms with van der Waals surface area (Å²) in [5.41, 5.74) is 8.42. The van der Waals surface area contributed by atoms with Gasteiger partial charge in [-0.05, 0) is 41.1 Å². The molecule has 1 aromatic heterocycles. The summed E-state index contributed by atoms with van der Waals surface area (Å²) in [6.07, 6.45) is 0. The molecule has 0 bridgehead atoms. The van der Waals surface area contributed by atoms with Crippen LogP contribution in [0.1, 0.15) is 24.4 Å². The van der Waals surface area contributed by atoms with Crippen LogP contribution in [0.25, 0.3) is 5.69 Å². The minimum atomic E-state index is -0.410. The molecule has 0 aliphatic rings. The van der Waals surface area contributed by atoms with Crippen molar-refractivity contribution in [2.45, 2.75) is 19.9 Å². The van der Waals surface area contributed by atoms with Gasteiger partial charge in [0, 0.05) is 11.7 Å². The zero-order valence-corrected chi connectivity index (χ0v) is 15.5. The van der Waals surface area contributed by atoms with E-state index in [1.165, 1.54) is 0 Å². The molecule has 140 valence electrons. The molecule has 2 unspecified atom stereocenters. The second-order valence-corrected chi connectivity index (χ2v) is 6.24. The molecule has 3 N–H and O–H groups in total. The Kier molecular flexibility index (Phi) is 5.46. The van der Waals surface area contributed by atoms with Crippen LogP contribution in [-0.2, 0) is 4.79 Å². The van der Waals surface area contributed by atoms with E-state index in [1.807, 2.05) is 37.3 Å². The van der Waals surface area contributed by atoms with E-state index in [0.717, 1.165) is 5.56 Å². The number of methoxy groups -OCH3 is 1. The van der Waals surface area contributed by atoms with Crippen molar-refractivity contribution in [1.29, 1.82) is 0 Å². The molecule has 0 radical (unpaired) electrons. The Hall–Kier alpha value is -3.26. The average molecular weight is 366 g/mol. The molecule has 8 heteroatoms. The molecule has 0 fully saturated rings. The number of amides is 1. The van der Waals surface area contributed by atoms with Crippen molar-refractivity contribution < 1.29 is 9.53 Å². The van der Waals surface area contributed by atoms with E-state index in [9.17, 15) is 4.79 Å². The minimum absolute atomic E-state index is 0.170. The summed E-state index contributed by atoms with van der Waals surface area (Å²) < 4.78 is 6.93. The highest BCUT2D eigenvalue weighted by Gasteiger charge is 2.22. The fraction of sp³-hybridized carbons (Fsp3) is 0.263. The molecule has 0 saturated carbocycles. The zero-order chi connectivity index (χ0) is 19.4. The molecule has 0 aliphatic carbocycles. The zero-order valence-electron chi connectivity index (χ0n) is 15.5. The maximum absolute atomic E-state index is 12.7. The third-order valence-electron chi connectivity index (χ3n) is 4.44. The smallest absolute Gasteiger partial charge is 0.229 e. The van der Waals surface area contributed by atoms with Gasteiger partial charge >= 0.3 is 0 Å². The van der Waals surface area contributed by atoms with Gasteiger partial charge in [0.1, 0.15) is 11.4 Å². The summed E-state index contributed by atoms with van der Waals surface area (Å²) in [6, 6.07) is 14.5. The van der Waals surface area contributed by atoms with E-state index < -0.39 is 12.0 Å². The van der Waals surface area contributed by atoms with Crippen molar-refractivity contribution in [2.75, 3.05) is 12.4 Å². The van der Waals surface area contributed by atoms with Gasteiger partial charge in [-0.15, -0.1) is 5.10 Å². The van der Waals surface area contributed by atoms with Gasteiger partial charge in [0.15, 0.2) is 5.82 Å². The lowest BCUT2D eigenvalue weighted by atomic mass is 9.94. The van der Waals surface area contributed by atoms with Gasteiger partial charge in [0.2, 0.25) is 5.91 Å². The van der Waals surface area contributed by atoms with Crippen LogP contribution < -0.4 is 15.8 Å². The van der Waals surface area contributed by atoms with Crippen LogP contribution in [0.4, 0.5) is 5.69 Å². The van der Waals surface area contributed by atoms with Crippen molar-refractivity contribution in [3.63, 3.8) is 0 Å². The van der Waals surface area contributed by atoms with Crippen LogP contribution in [0, 0.1) is 12.8 Å². The molecule has 1 amide bonds. The van der Waals surface area contributed by atoms with E-state index >= 15 is 0 Å². The Morgan fingerprint density at radius 3 is 2.59 bits per heavy atom. The van der Waals surface area contributed by atoms with Gasteiger partial charge in [-0.1, -0.05) is 37.3 Å². The number of benzene rings is 2. The molecule has 3 aromatic rings. The highest BCUT2D eigenvalue weighted by molar-refractivity contribution is 5.93. The molecule has 27 heavy (non-hydrogen) atoms. The first-order valence-electron chi connectivity index (χ1n) is 8.56. The van der Waals surface area contributed by atoms with Gasteiger partial charge < -0.3 is 15.8 Å². The number of ether oxygens (including phenoxy) is 1. The first kappa shape index (κ1) is 18.5. The Morgan fingerprint density at radius 1 is 1.22 bits per heavy atom. The van der Waals surface area contributed by atoms with Crippen LogP contribution in [0.5, 0.6) is 5.75 Å². The second kappa shape index (κ2) is 7.96. The van der Waals surface area contributed by atoms with E-state index in [4.69, 9.17) is 10.5 Å². The van der Waals surface area contributed by atoms with E-state index in [-0.39, 0.29) is 5.91 Å². The molecule has 0 aliphatic heterocycles. The molecule has 0 saturated heterocycles. The Balaban J connectivity index is 1.81. The number of carbonyl (C=O) groups excluding carboxylic acids is 1. The normalized spacial score (nSPS) is 13.0. The summed E-state index contributed by atoms with van der Waals surface area (Å²) in [7, 11) is 1.57. The Morgan fingerprint density at radius 2 is 1.96 bits per heavy atom. The number of carbonyl (C=O) groups is 1. The highest BCUT2D eigenvalue weighted by atomic mass is 16.5. The third kappa shape index (κ3) is 3.95. The van der Waals surface area contributed by atoms with Crippen LogP contribution in [-0.4, -0.2) is 33.2 Å². The maximum Gasteiger partial charge on any atom is 0.229 e. The summed E-state index contributed by atoms with van der Waals surface area (Å²) >= 11 is 0. The first-order valence-corrected chi connectivity index (χ1v) is 8.56. The number of anilines is 1. The Bertz CT molecular complexity index is 925. The lowest BCUT2D eigenvalue weighted by Gasteiger charge is -2.20. The van der Waals surface area contributed by atoms with Crippen LogP contribution in [0.15, 0.2) is 48.5 Å². The number of nitrogens with two attached hydrogens (primary N) is 1. The standard InChI is InChI=1S/C19H22N6O2/c1-12(18(20)14-7-5-4-6-8-14)19(26)21-15-9-10-17(27-3)16(11-15)25-13(2)22-23-24-25/h4-12,18H,20H2,1-3H3,(H,21,26). The fourth-order valence-electron chi connectivity index (χ4n) is 2.77. The van der Waals surface area contributed by atoms with Gasteiger partial charge in [0.25, 0.3) is 0 Å². The van der Waals surface area contributed by atoms with Crippen LogP contribution >= 0.6 is 0 Å². The molecule has 1 heterocycles.